The van der Waals surface area contributed by atoms with Crippen LogP contribution in [0.15, 0.2) is 26.1 Å². The number of benzene rings is 1. The molecule has 1 rings (SSSR count). The van der Waals surface area contributed by atoms with Crippen LogP contribution in [0.3, 0.4) is 0 Å². The van der Waals surface area contributed by atoms with Crippen molar-refractivity contribution in [2.24, 2.45) is 16.5 Å². The van der Waals surface area contributed by atoms with Gasteiger partial charge in [-0.25, -0.2) is 4.99 Å². The lowest BCUT2D eigenvalue weighted by atomic mass is 10.3. The molecule has 0 heterocycles. The summed E-state index contributed by atoms with van der Waals surface area (Å²) in [6.45, 7) is 0. The van der Waals surface area contributed by atoms with Crippen LogP contribution in [0.25, 0.3) is 0 Å². The third-order valence-electron chi connectivity index (χ3n) is 1.45. The minimum Gasteiger partial charge on any atom is -0.370 e. The van der Waals surface area contributed by atoms with E-state index in [4.69, 9.17) is 11.5 Å². The smallest absolute Gasteiger partial charge is 0.271 e. The lowest BCUT2D eigenvalue weighted by Gasteiger charge is -2.02. The zero-order valence-electron chi connectivity index (χ0n) is 7.28. The number of rotatable bonds is 2. The van der Waals surface area contributed by atoms with E-state index in [0.717, 1.165) is 0 Å². The summed E-state index contributed by atoms with van der Waals surface area (Å²) in [4.78, 5) is 13.8. The highest BCUT2D eigenvalue weighted by Crippen LogP contribution is 2.37. The Morgan fingerprint density at radius 1 is 1.33 bits per heavy atom. The SMILES string of the molecule is NC(N)=Nc1c(Br)cc([N+](=O)[O-])cc1Br. The van der Waals surface area contributed by atoms with Crippen molar-refractivity contribution in [3.63, 3.8) is 0 Å². The predicted octanol–water partition coefficient (Wildman–Crippen LogP) is 2.02. The van der Waals surface area contributed by atoms with Gasteiger partial charge >= 0.3 is 0 Å². The van der Waals surface area contributed by atoms with Gasteiger partial charge in [0.15, 0.2) is 5.96 Å². The molecule has 0 bridgehead atoms. The van der Waals surface area contributed by atoms with Crippen LogP contribution in [-0.2, 0) is 0 Å². The average Bonchev–Trinajstić information content (AvgIpc) is 2.10. The number of nitrogens with zero attached hydrogens (tertiary/aromatic N) is 2. The van der Waals surface area contributed by atoms with Crippen LogP contribution in [0.1, 0.15) is 0 Å². The molecule has 0 amide bonds. The molecule has 0 spiro atoms. The molecule has 15 heavy (non-hydrogen) atoms. The highest BCUT2D eigenvalue weighted by Gasteiger charge is 2.13. The molecule has 0 saturated heterocycles. The quantitative estimate of drug-likeness (QED) is 0.372. The molecule has 1 aromatic rings. The first-order chi connectivity index (χ1) is 6.91. The van der Waals surface area contributed by atoms with Gasteiger partial charge in [-0.3, -0.25) is 10.1 Å². The van der Waals surface area contributed by atoms with Crippen molar-refractivity contribution in [2.45, 2.75) is 0 Å². The van der Waals surface area contributed by atoms with E-state index in [0.29, 0.717) is 14.6 Å². The van der Waals surface area contributed by atoms with E-state index in [1.54, 1.807) is 0 Å². The van der Waals surface area contributed by atoms with E-state index in [1.165, 1.54) is 12.1 Å². The molecular formula is C7H6Br2N4O2. The molecule has 4 N–H and O–H groups in total. The standard InChI is InChI=1S/C7H6Br2N4O2/c8-4-1-3(13(14)15)2-5(9)6(4)12-7(10)11/h1-2H,(H4,10,11,12). The van der Waals surface area contributed by atoms with Crippen LogP contribution < -0.4 is 11.5 Å². The molecule has 0 atom stereocenters. The molecule has 0 aliphatic heterocycles. The van der Waals surface area contributed by atoms with Crippen molar-refractivity contribution in [2.75, 3.05) is 0 Å². The van der Waals surface area contributed by atoms with Gasteiger partial charge in [-0.2, -0.15) is 0 Å². The molecule has 80 valence electrons. The Morgan fingerprint density at radius 2 is 1.80 bits per heavy atom. The Hall–Kier alpha value is -1.15. The zero-order valence-corrected chi connectivity index (χ0v) is 10.4. The Morgan fingerprint density at radius 3 is 2.13 bits per heavy atom. The largest absolute Gasteiger partial charge is 0.370 e. The topological polar surface area (TPSA) is 108 Å². The van der Waals surface area contributed by atoms with Crippen molar-refractivity contribution in [3.05, 3.63) is 31.2 Å². The van der Waals surface area contributed by atoms with Gasteiger partial charge < -0.3 is 11.5 Å². The third-order valence-corrected chi connectivity index (χ3v) is 2.66. The molecule has 1 aromatic carbocycles. The molecular weight excluding hydrogens is 332 g/mol. The summed E-state index contributed by atoms with van der Waals surface area (Å²) in [6.07, 6.45) is 0. The lowest BCUT2D eigenvalue weighted by molar-refractivity contribution is -0.385. The number of hydrogen-bond donors (Lipinski definition) is 2. The Bertz CT molecular complexity index is 420. The summed E-state index contributed by atoms with van der Waals surface area (Å²) in [5.74, 6) is -0.120. The van der Waals surface area contributed by atoms with Crippen LogP contribution in [0, 0.1) is 10.1 Å². The maximum absolute atomic E-state index is 10.5. The van der Waals surface area contributed by atoms with Crippen LogP contribution in [-0.4, -0.2) is 10.9 Å². The maximum Gasteiger partial charge on any atom is 0.271 e. The van der Waals surface area contributed by atoms with Gasteiger partial charge in [0.25, 0.3) is 5.69 Å². The van der Waals surface area contributed by atoms with Gasteiger partial charge in [0.05, 0.1) is 19.6 Å². The second-order valence-corrected chi connectivity index (χ2v) is 4.26. The number of nitro groups is 1. The van der Waals surface area contributed by atoms with E-state index in [1.807, 2.05) is 0 Å². The number of nitro benzene ring substituents is 1. The number of nitrogens with two attached hydrogens (primary N) is 2. The minimum atomic E-state index is -0.505. The van der Waals surface area contributed by atoms with Crippen LogP contribution in [0.5, 0.6) is 0 Å². The first-order valence-electron chi connectivity index (χ1n) is 3.65. The van der Waals surface area contributed by atoms with Crippen molar-refractivity contribution in [1.82, 2.24) is 0 Å². The Kier molecular flexibility index (Phi) is 3.64. The molecule has 0 aromatic heterocycles. The second-order valence-electron chi connectivity index (χ2n) is 2.55. The zero-order chi connectivity index (χ0) is 11.6. The molecule has 0 radical (unpaired) electrons. The fourth-order valence-corrected chi connectivity index (χ4v) is 2.23. The number of halogens is 2. The summed E-state index contributed by atoms with van der Waals surface area (Å²) in [5, 5.41) is 10.5. The normalized spacial score (nSPS) is 9.73. The summed E-state index contributed by atoms with van der Waals surface area (Å²) in [6, 6.07) is 2.65. The van der Waals surface area contributed by atoms with Gasteiger partial charge in [-0.15, -0.1) is 0 Å². The number of aliphatic imine (C=N–C) groups is 1. The Balaban J connectivity index is 3.34. The number of non-ortho nitro benzene ring substituents is 1. The molecule has 0 unspecified atom stereocenters. The highest BCUT2D eigenvalue weighted by molar-refractivity contribution is 9.11. The molecule has 0 saturated carbocycles. The van der Waals surface area contributed by atoms with Crippen molar-refractivity contribution in [1.29, 1.82) is 0 Å². The van der Waals surface area contributed by atoms with E-state index >= 15 is 0 Å². The van der Waals surface area contributed by atoms with Gasteiger partial charge in [-0.1, -0.05) is 0 Å². The second kappa shape index (κ2) is 4.58. The molecule has 0 fully saturated rings. The molecule has 6 nitrogen and oxygen atoms in total. The lowest BCUT2D eigenvalue weighted by Crippen LogP contribution is -2.22. The molecule has 8 heteroatoms. The van der Waals surface area contributed by atoms with Gasteiger partial charge in [-0.05, 0) is 31.9 Å². The van der Waals surface area contributed by atoms with Crippen LogP contribution in [0.4, 0.5) is 11.4 Å². The fourth-order valence-electron chi connectivity index (χ4n) is 0.893. The molecule has 0 aliphatic carbocycles. The summed E-state index contributed by atoms with van der Waals surface area (Å²) < 4.78 is 0.883. The van der Waals surface area contributed by atoms with E-state index in [9.17, 15) is 10.1 Å². The van der Waals surface area contributed by atoms with Gasteiger partial charge in [0.2, 0.25) is 0 Å². The monoisotopic (exact) mass is 336 g/mol. The fraction of sp³-hybridized carbons (Fsp3) is 0. The summed E-state index contributed by atoms with van der Waals surface area (Å²) in [7, 11) is 0. The predicted molar refractivity (Wildman–Crippen MR) is 64.0 cm³/mol. The van der Waals surface area contributed by atoms with E-state index in [2.05, 4.69) is 36.9 Å². The van der Waals surface area contributed by atoms with Crippen molar-refractivity contribution >= 4 is 49.2 Å². The van der Waals surface area contributed by atoms with Gasteiger partial charge in [0.1, 0.15) is 0 Å². The third kappa shape index (κ3) is 2.90. The number of hydrogen-bond acceptors (Lipinski definition) is 3. The summed E-state index contributed by atoms with van der Waals surface area (Å²) in [5.41, 5.74) is 10.8. The van der Waals surface area contributed by atoms with Crippen molar-refractivity contribution < 1.29 is 4.92 Å². The van der Waals surface area contributed by atoms with E-state index in [-0.39, 0.29) is 11.6 Å². The van der Waals surface area contributed by atoms with Crippen LogP contribution >= 0.6 is 31.9 Å². The Labute approximate surface area is 102 Å². The minimum absolute atomic E-state index is 0.0525. The summed E-state index contributed by atoms with van der Waals surface area (Å²) >= 11 is 6.28. The molecule has 0 aliphatic rings. The first-order valence-corrected chi connectivity index (χ1v) is 5.23. The van der Waals surface area contributed by atoms with Crippen LogP contribution in [0.2, 0.25) is 0 Å². The number of guanidine groups is 1. The first kappa shape index (κ1) is 11.9. The average molecular weight is 338 g/mol. The van der Waals surface area contributed by atoms with Crippen molar-refractivity contribution in [3.8, 4) is 0 Å². The van der Waals surface area contributed by atoms with E-state index < -0.39 is 4.92 Å². The van der Waals surface area contributed by atoms with Gasteiger partial charge in [0, 0.05) is 12.1 Å². The highest BCUT2D eigenvalue weighted by atomic mass is 79.9. The maximum atomic E-state index is 10.5.